The summed E-state index contributed by atoms with van der Waals surface area (Å²) in [6, 6.07) is 7.00. The van der Waals surface area contributed by atoms with Crippen LogP contribution in [0.25, 0.3) is 10.9 Å². The number of H-pyrrole nitrogens is 1. The van der Waals surface area contributed by atoms with E-state index in [1.165, 1.54) is 19.2 Å². The highest BCUT2D eigenvalue weighted by molar-refractivity contribution is 6.31. The molecule has 1 fully saturated rings. The van der Waals surface area contributed by atoms with Crippen molar-refractivity contribution in [2.75, 3.05) is 4.90 Å². The second kappa shape index (κ2) is 7.88. The van der Waals surface area contributed by atoms with Gasteiger partial charge in [-0.25, -0.2) is 13.2 Å². The van der Waals surface area contributed by atoms with Crippen LogP contribution < -0.4 is 10.2 Å². The molecule has 1 unspecified atom stereocenters. The molecule has 0 spiro atoms. The monoisotopic (exact) mass is 450 g/mol. The summed E-state index contributed by atoms with van der Waals surface area (Å²) in [6.45, 7) is 1.23. The van der Waals surface area contributed by atoms with E-state index in [9.17, 15) is 22.8 Å². The Hall–Kier alpha value is -3.07. The average Bonchev–Trinajstić information content (AvgIpc) is 3.14. The molecular formula is C21H18ClF3N4O2. The normalized spacial score (nSPS) is 16.5. The number of nitrogens with one attached hydrogen (secondary N) is 2. The van der Waals surface area contributed by atoms with Gasteiger partial charge in [-0.3, -0.25) is 19.6 Å². The summed E-state index contributed by atoms with van der Waals surface area (Å²) in [4.78, 5) is 27.0. The van der Waals surface area contributed by atoms with E-state index in [2.05, 4.69) is 15.5 Å². The molecule has 1 saturated carbocycles. The molecule has 162 valence electrons. The molecule has 1 aliphatic carbocycles. The topological polar surface area (TPSA) is 78.1 Å². The van der Waals surface area contributed by atoms with Gasteiger partial charge in [-0.1, -0.05) is 29.8 Å². The maximum absolute atomic E-state index is 14.6. The van der Waals surface area contributed by atoms with E-state index in [1.807, 2.05) is 0 Å². The Morgan fingerprint density at radius 1 is 1.29 bits per heavy atom. The molecule has 10 heteroatoms. The van der Waals surface area contributed by atoms with E-state index in [-0.39, 0.29) is 21.8 Å². The average molecular weight is 451 g/mol. The van der Waals surface area contributed by atoms with Crippen molar-refractivity contribution in [2.24, 2.45) is 0 Å². The highest BCUT2D eigenvalue weighted by Gasteiger charge is 2.47. The summed E-state index contributed by atoms with van der Waals surface area (Å²) in [6.07, 6.45) is 0.425. The largest absolute Gasteiger partial charge is 0.351 e. The summed E-state index contributed by atoms with van der Waals surface area (Å²) in [7, 11) is 0. The predicted octanol–water partition coefficient (Wildman–Crippen LogP) is 4.36. The van der Waals surface area contributed by atoms with E-state index < -0.39 is 48.5 Å². The fraction of sp³-hybridized carbons (Fsp3) is 0.286. The second-order valence-electron chi connectivity index (χ2n) is 7.54. The maximum Gasteiger partial charge on any atom is 0.252 e. The summed E-state index contributed by atoms with van der Waals surface area (Å²) in [5, 5.41) is 9.49. The lowest BCUT2D eigenvalue weighted by Gasteiger charge is -2.38. The van der Waals surface area contributed by atoms with Crippen molar-refractivity contribution >= 4 is 40.0 Å². The molecule has 0 saturated heterocycles. The van der Waals surface area contributed by atoms with Crippen LogP contribution in [0, 0.1) is 5.82 Å². The molecule has 1 atom stereocenters. The Balaban J connectivity index is 1.78. The van der Waals surface area contributed by atoms with Gasteiger partial charge in [0.2, 0.25) is 11.8 Å². The summed E-state index contributed by atoms with van der Waals surface area (Å²) < 4.78 is 41.1. The molecule has 0 bridgehead atoms. The van der Waals surface area contributed by atoms with Crippen LogP contribution in [-0.4, -0.2) is 34.0 Å². The van der Waals surface area contributed by atoms with Gasteiger partial charge in [0.15, 0.2) is 5.82 Å². The number of carbonyl (C=O) groups is 2. The third-order valence-electron chi connectivity index (χ3n) is 5.25. The second-order valence-corrected chi connectivity index (χ2v) is 7.95. The van der Waals surface area contributed by atoms with Crippen molar-refractivity contribution in [1.29, 1.82) is 0 Å². The fourth-order valence-corrected chi connectivity index (χ4v) is 4.03. The Morgan fingerprint density at radius 3 is 2.65 bits per heavy atom. The molecule has 4 rings (SSSR count). The van der Waals surface area contributed by atoms with Crippen LogP contribution >= 0.6 is 11.6 Å². The number of benzene rings is 2. The number of hydrogen-bond donors (Lipinski definition) is 2. The van der Waals surface area contributed by atoms with Gasteiger partial charge in [-0.05, 0) is 18.2 Å². The molecule has 1 aliphatic rings. The van der Waals surface area contributed by atoms with Gasteiger partial charge in [-0.15, -0.1) is 0 Å². The lowest BCUT2D eigenvalue weighted by Crippen LogP contribution is -2.54. The Morgan fingerprint density at radius 2 is 2.00 bits per heavy atom. The van der Waals surface area contributed by atoms with Gasteiger partial charge >= 0.3 is 0 Å². The van der Waals surface area contributed by atoms with Crippen LogP contribution in [0.15, 0.2) is 42.6 Å². The third-order valence-corrected chi connectivity index (χ3v) is 5.59. The maximum atomic E-state index is 14.6. The summed E-state index contributed by atoms with van der Waals surface area (Å²) in [5.41, 5.74) is 0.552. The fourth-order valence-electron chi connectivity index (χ4n) is 3.79. The SMILES string of the molecule is CC(=O)N(c1cc(F)c2[nH]ncc2c1)C(C(=O)NC1CC(F)(F)C1)c1ccccc1Cl. The number of aromatic amines is 1. The van der Waals surface area contributed by atoms with Gasteiger partial charge in [0.25, 0.3) is 5.92 Å². The molecule has 0 radical (unpaired) electrons. The number of anilines is 1. The first-order valence-corrected chi connectivity index (χ1v) is 9.89. The minimum atomic E-state index is -2.83. The van der Waals surface area contributed by atoms with Crippen molar-refractivity contribution in [1.82, 2.24) is 15.5 Å². The summed E-state index contributed by atoms with van der Waals surface area (Å²) >= 11 is 6.31. The molecule has 2 N–H and O–H groups in total. The van der Waals surface area contributed by atoms with Crippen LogP contribution in [0.2, 0.25) is 5.02 Å². The van der Waals surface area contributed by atoms with E-state index in [4.69, 9.17) is 11.6 Å². The predicted molar refractivity (Wildman–Crippen MR) is 110 cm³/mol. The number of fused-ring (bicyclic) bond motifs is 1. The molecule has 1 aromatic heterocycles. The highest BCUT2D eigenvalue weighted by atomic mass is 35.5. The number of rotatable bonds is 5. The molecule has 0 aliphatic heterocycles. The Bertz CT molecular complexity index is 1160. The van der Waals surface area contributed by atoms with E-state index >= 15 is 0 Å². The minimum absolute atomic E-state index is 0.109. The first kappa shape index (κ1) is 21.2. The van der Waals surface area contributed by atoms with Crippen LogP contribution in [-0.2, 0) is 9.59 Å². The van der Waals surface area contributed by atoms with Crippen LogP contribution in [0.4, 0.5) is 18.9 Å². The number of alkyl halides is 2. The molecule has 1 heterocycles. The van der Waals surface area contributed by atoms with Crippen molar-refractivity contribution in [3.05, 3.63) is 59.0 Å². The van der Waals surface area contributed by atoms with Gasteiger partial charge in [0.1, 0.15) is 11.6 Å². The van der Waals surface area contributed by atoms with Crippen LogP contribution in [0.1, 0.15) is 31.4 Å². The Kier molecular flexibility index (Phi) is 5.38. The zero-order valence-corrected chi connectivity index (χ0v) is 17.1. The minimum Gasteiger partial charge on any atom is -0.351 e. The molecule has 31 heavy (non-hydrogen) atoms. The zero-order chi connectivity index (χ0) is 22.3. The van der Waals surface area contributed by atoms with E-state index in [0.29, 0.717) is 5.39 Å². The van der Waals surface area contributed by atoms with Crippen LogP contribution in [0.3, 0.4) is 0 Å². The van der Waals surface area contributed by atoms with Crippen molar-refractivity contribution < 1.29 is 22.8 Å². The third kappa shape index (κ3) is 4.10. The molecule has 2 amide bonds. The molecular weight excluding hydrogens is 433 g/mol. The Labute approximate surface area is 180 Å². The first-order valence-electron chi connectivity index (χ1n) is 9.51. The van der Waals surface area contributed by atoms with Crippen molar-refractivity contribution in [2.45, 2.75) is 37.8 Å². The van der Waals surface area contributed by atoms with Gasteiger partial charge < -0.3 is 5.32 Å². The quantitative estimate of drug-likeness (QED) is 0.606. The number of halogens is 4. The first-order chi connectivity index (χ1) is 14.7. The molecule has 3 aromatic rings. The zero-order valence-electron chi connectivity index (χ0n) is 16.3. The highest BCUT2D eigenvalue weighted by Crippen LogP contribution is 2.39. The number of hydrogen-bond acceptors (Lipinski definition) is 3. The smallest absolute Gasteiger partial charge is 0.252 e. The van der Waals surface area contributed by atoms with E-state index in [1.54, 1.807) is 24.3 Å². The lowest BCUT2D eigenvalue weighted by atomic mass is 9.87. The van der Waals surface area contributed by atoms with E-state index in [0.717, 1.165) is 11.0 Å². The van der Waals surface area contributed by atoms with Gasteiger partial charge in [-0.2, -0.15) is 5.10 Å². The van der Waals surface area contributed by atoms with Crippen molar-refractivity contribution in [3.8, 4) is 0 Å². The molecule has 6 nitrogen and oxygen atoms in total. The molecule has 2 aromatic carbocycles. The van der Waals surface area contributed by atoms with Crippen molar-refractivity contribution in [3.63, 3.8) is 0 Å². The standard InChI is InChI=1S/C21H18ClF3N4O2/c1-11(30)29(14-6-12-10-26-28-18(12)17(23)7-14)19(15-4-2-3-5-16(15)22)20(31)27-13-8-21(24,25)9-13/h2-7,10,13,19H,8-9H2,1H3,(H,26,28)(H,27,31). The lowest BCUT2D eigenvalue weighted by molar-refractivity contribution is -0.132. The number of aromatic nitrogens is 2. The van der Waals surface area contributed by atoms with Gasteiger partial charge in [0, 0.05) is 47.5 Å². The summed E-state index contributed by atoms with van der Waals surface area (Å²) in [5.74, 6) is -4.72. The van der Waals surface area contributed by atoms with Gasteiger partial charge in [0.05, 0.1) is 6.20 Å². The number of carbonyl (C=O) groups excluding carboxylic acids is 2. The number of amides is 2. The van der Waals surface area contributed by atoms with Crippen LogP contribution in [0.5, 0.6) is 0 Å². The number of nitrogens with zero attached hydrogens (tertiary/aromatic N) is 2.